The minimum absolute atomic E-state index is 0.153. The van der Waals surface area contributed by atoms with E-state index in [0.29, 0.717) is 5.92 Å². The van der Waals surface area contributed by atoms with E-state index < -0.39 is 0 Å². The van der Waals surface area contributed by atoms with E-state index in [1.54, 1.807) is 0 Å². The van der Waals surface area contributed by atoms with Crippen LogP contribution in [-0.2, 0) is 9.53 Å². The lowest BCUT2D eigenvalue weighted by Crippen LogP contribution is -2.41. The first kappa shape index (κ1) is 15.9. The van der Waals surface area contributed by atoms with Crippen LogP contribution in [0.3, 0.4) is 0 Å². The maximum absolute atomic E-state index is 11.1. The Morgan fingerprint density at radius 1 is 1.00 bits per heavy atom. The van der Waals surface area contributed by atoms with Crippen LogP contribution in [0.5, 0.6) is 0 Å². The highest BCUT2D eigenvalue weighted by Gasteiger charge is 2.39. The van der Waals surface area contributed by atoms with Crippen LogP contribution < -0.4 is 0 Å². The van der Waals surface area contributed by atoms with E-state index in [1.807, 2.05) is 0 Å². The molecular weight excluding hydrogens is 248 g/mol. The topological polar surface area (TPSA) is 26.3 Å². The van der Waals surface area contributed by atoms with Gasteiger partial charge in [-0.2, -0.15) is 0 Å². The summed E-state index contributed by atoms with van der Waals surface area (Å²) in [5, 5.41) is 0. The zero-order valence-corrected chi connectivity index (χ0v) is 13.2. The lowest BCUT2D eigenvalue weighted by Gasteiger charge is -2.41. The smallest absolute Gasteiger partial charge is 0.293 e. The molecule has 2 aliphatic carbocycles. The SMILES string of the molecule is CCC(CCC1CCCCC1)(OC=O)C1CCCCC1. The van der Waals surface area contributed by atoms with Crippen molar-refractivity contribution in [2.75, 3.05) is 0 Å². The largest absolute Gasteiger partial charge is 0.461 e. The van der Waals surface area contributed by atoms with Gasteiger partial charge in [0.2, 0.25) is 0 Å². The van der Waals surface area contributed by atoms with Crippen molar-refractivity contribution >= 4 is 6.47 Å². The van der Waals surface area contributed by atoms with Crippen molar-refractivity contribution in [3.8, 4) is 0 Å². The van der Waals surface area contributed by atoms with Gasteiger partial charge in [0.25, 0.3) is 6.47 Å². The van der Waals surface area contributed by atoms with Crippen molar-refractivity contribution in [3.63, 3.8) is 0 Å². The van der Waals surface area contributed by atoms with E-state index in [2.05, 4.69) is 6.92 Å². The Bertz CT molecular complexity index is 277. The molecule has 0 spiro atoms. The Balaban J connectivity index is 1.95. The quantitative estimate of drug-likeness (QED) is 0.595. The third-order valence-electron chi connectivity index (χ3n) is 5.93. The Morgan fingerprint density at radius 2 is 1.60 bits per heavy atom. The molecule has 0 aromatic carbocycles. The Kier molecular flexibility index (Phi) is 6.38. The van der Waals surface area contributed by atoms with Crippen LogP contribution in [0.15, 0.2) is 0 Å². The lowest BCUT2D eigenvalue weighted by atomic mass is 9.71. The molecule has 1 atom stereocenters. The standard InChI is InChI=1S/C18H32O2/c1-2-18(20-15-19,17-11-7-4-8-12-17)14-13-16-9-5-3-6-10-16/h15-17H,2-14H2,1H3. The molecule has 1 unspecified atom stereocenters. The van der Waals surface area contributed by atoms with Gasteiger partial charge in [-0.15, -0.1) is 0 Å². The number of rotatable bonds is 7. The number of hydrogen-bond donors (Lipinski definition) is 0. The van der Waals surface area contributed by atoms with Gasteiger partial charge in [0.05, 0.1) is 0 Å². The van der Waals surface area contributed by atoms with Gasteiger partial charge in [0, 0.05) is 0 Å². The highest BCUT2D eigenvalue weighted by atomic mass is 16.5. The average Bonchev–Trinajstić information content (AvgIpc) is 2.53. The van der Waals surface area contributed by atoms with Crippen LogP contribution in [0.1, 0.15) is 90.4 Å². The summed E-state index contributed by atoms with van der Waals surface area (Å²) in [4.78, 5) is 11.1. The fourth-order valence-electron chi connectivity index (χ4n) is 4.56. The second kappa shape index (κ2) is 8.05. The summed E-state index contributed by atoms with van der Waals surface area (Å²) in [6, 6.07) is 0. The third kappa shape index (κ3) is 3.99. The van der Waals surface area contributed by atoms with Crippen molar-refractivity contribution in [1.29, 1.82) is 0 Å². The first-order valence-corrected chi connectivity index (χ1v) is 8.92. The zero-order chi connectivity index (χ0) is 14.3. The molecule has 0 aromatic rings. The van der Waals surface area contributed by atoms with Crippen LogP contribution in [0.4, 0.5) is 0 Å². The molecule has 20 heavy (non-hydrogen) atoms. The third-order valence-corrected chi connectivity index (χ3v) is 5.93. The van der Waals surface area contributed by atoms with Gasteiger partial charge in [-0.3, -0.25) is 4.79 Å². The first-order valence-electron chi connectivity index (χ1n) is 8.92. The molecule has 0 radical (unpaired) electrons. The molecular formula is C18H32O2. The van der Waals surface area contributed by atoms with Gasteiger partial charge in [-0.05, 0) is 43.9 Å². The van der Waals surface area contributed by atoms with E-state index in [9.17, 15) is 4.79 Å². The number of ether oxygens (including phenoxy) is 1. The van der Waals surface area contributed by atoms with Crippen LogP contribution in [0.25, 0.3) is 0 Å². The molecule has 116 valence electrons. The molecule has 0 bridgehead atoms. The molecule has 0 heterocycles. The van der Waals surface area contributed by atoms with Gasteiger partial charge in [0.15, 0.2) is 0 Å². The lowest BCUT2D eigenvalue weighted by molar-refractivity contribution is -0.154. The van der Waals surface area contributed by atoms with Crippen LogP contribution in [-0.4, -0.2) is 12.1 Å². The molecule has 2 rings (SSSR count). The van der Waals surface area contributed by atoms with Crippen LogP contribution >= 0.6 is 0 Å². The Hall–Kier alpha value is -0.530. The Labute approximate surface area is 124 Å². The van der Waals surface area contributed by atoms with E-state index >= 15 is 0 Å². The number of hydrogen-bond acceptors (Lipinski definition) is 2. The van der Waals surface area contributed by atoms with Crippen LogP contribution in [0.2, 0.25) is 0 Å². The summed E-state index contributed by atoms with van der Waals surface area (Å²) in [6.45, 7) is 2.93. The Morgan fingerprint density at radius 3 is 2.15 bits per heavy atom. The predicted octanol–water partition coefficient (Wildman–Crippen LogP) is 5.25. The monoisotopic (exact) mass is 280 g/mol. The molecule has 0 aromatic heterocycles. The first-order chi connectivity index (χ1) is 9.80. The van der Waals surface area contributed by atoms with Crippen LogP contribution in [0, 0.1) is 11.8 Å². The van der Waals surface area contributed by atoms with Gasteiger partial charge in [0.1, 0.15) is 5.60 Å². The summed E-state index contributed by atoms with van der Waals surface area (Å²) in [6.07, 6.45) is 16.9. The fraction of sp³-hybridized carbons (Fsp3) is 0.944. The van der Waals surface area contributed by atoms with Crippen molar-refractivity contribution in [1.82, 2.24) is 0 Å². The van der Waals surface area contributed by atoms with E-state index in [1.165, 1.54) is 70.6 Å². The van der Waals surface area contributed by atoms with E-state index in [0.717, 1.165) is 25.2 Å². The minimum Gasteiger partial charge on any atom is -0.461 e. The van der Waals surface area contributed by atoms with Gasteiger partial charge >= 0.3 is 0 Å². The van der Waals surface area contributed by atoms with Gasteiger partial charge < -0.3 is 4.74 Å². The zero-order valence-electron chi connectivity index (χ0n) is 13.2. The molecule has 0 N–H and O–H groups in total. The van der Waals surface area contributed by atoms with Crippen molar-refractivity contribution < 1.29 is 9.53 Å². The molecule has 0 amide bonds. The minimum atomic E-state index is -0.153. The highest BCUT2D eigenvalue weighted by molar-refractivity contribution is 5.38. The number of carbonyl (C=O) groups is 1. The maximum atomic E-state index is 11.1. The van der Waals surface area contributed by atoms with Crippen molar-refractivity contribution in [2.45, 2.75) is 96.0 Å². The average molecular weight is 280 g/mol. The highest BCUT2D eigenvalue weighted by Crippen LogP contribution is 2.41. The van der Waals surface area contributed by atoms with E-state index in [-0.39, 0.29) is 5.60 Å². The van der Waals surface area contributed by atoms with E-state index in [4.69, 9.17) is 4.74 Å². The summed E-state index contributed by atoms with van der Waals surface area (Å²) < 4.78 is 5.73. The molecule has 0 aliphatic heterocycles. The normalized spacial score (nSPS) is 25.1. The van der Waals surface area contributed by atoms with Crippen molar-refractivity contribution in [2.24, 2.45) is 11.8 Å². The molecule has 2 aliphatic rings. The molecule has 2 fully saturated rings. The molecule has 2 heteroatoms. The fourth-order valence-corrected chi connectivity index (χ4v) is 4.56. The van der Waals surface area contributed by atoms with Crippen molar-refractivity contribution in [3.05, 3.63) is 0 Å². The second-order valence-electron chi connectivity index (χ2n) is 7.01. The summed E-state index contributed by atoms with van der Waals surface area (Å²) in [5.74, 6) is 1.49. The van der Waals surface area contributed by atoms with Gasteiger partial charge in [-0.1, -0.05) is 58.3 Å². The summed E-state index contributed by atoms with van der Waals surface area (Å²) >= 11 is 0. The molecule has 2 nitrogen and oxygen atoms in total. The molecule has 2 saturated carbocycles. The molecule has 0 saturated heterocycles. The predicted molar refractivity (Wildman–Crippen MR) is 82.6 cm³/mol. The maximum Gasteiger partial charge on any atom is 0.293 e. The second-order valence-corrected chi connectivity index (χ2v) is 7.01. The summed E-state index contributed by atoms with van der Waals surface area (Å²) in [7, 11) is 0. The number of carbonyl (C=O) groups excluding carboxylic acids is 1. The summed E-state index contributed by atoms with van der Waals surface area (Å²) in [5.41, 5.74) is -0.153. The van der Waals surface area contributed by atoms with Gasteiger partial charge in [-0.25, -0.2) is 0 Å².